The van der Waals surface area contributed by atoms with Crippen molar-refractivity contribution in [3.8, 4) is 0 Å². The predicted octanol–water partition coefficient (Wildman–Crippen LogP) is 3.70. The summed E-state index contributed by atoms with van der Waals surface area (Å²) in [4.78, 5) is 2.63. The Balaban J connectivity index is 0.00000133. The highest BCUT2D eigenvalue weighted by atomic mass is 35.5. The van der Waals surface area contributed by atoms with E-state index in [1.165, 1.54) is 55.6 Å². The van der Waals surface area contributed by atoms with Crippen molar-refractivity contribution in [1.29, 1.82) is 0 Å². The number of halogens is 1. The van der Waals surface area contributed by atoms with Gasteiger partial charge in [0.2, 0.25) is 0 Å². The number of nitrogens with one attached hydrogen (secondary N) is 1. The van der Waals surface area contributed by atoms with Crippen molar-refractivity contribution in [2.75, 3.05) is 25.0 Å². The number of nitrogens with zero attached hydrogens (tertiary/aromatic N) is 1. The van der Waals surface area contributed by atoms with Gasteiger partial charge in [0.25, 0.3) is 0 Å². The first-order valence-corrected chi connectivity index (χ1v) is 7.44. The molecule has 0 unspecified atom stereocenters. The van der Waals surface area contributed by atoms with Crippen molar-refractivity contribution in [2.24, 2.45) is 5.92 Å². The highest BCUT2D eigenvalue weighted by Gasteiger charge is 2.20. The zero-order valence-electron chi connectivity index (χ0n) is 11.8. The first-order chi connectivity index (χ1) is 8.86. The van der Waals surface area contributed by atoms with E-state index in [2.05, 4.69) is 35.3 Å². The molecule has 0 aliphatic carbocycles. The molecular formula is C16H25ClN2. The first kappa shape index (κ1) is 14.7. The minimum Gasteiger partial charge on any atom is -0.384 e. The van der Waals surface area contributed by atoms with Crippen LogP contribution in [0.3, 0.4) is 0 Å². The SMILES string of the molecule is CCC1CCN(Cc2cccc3c2NCC3)CC1.Cl. The molecule has 1 fully saturated rings. The van der Waals surface area contributed by atoms with E-state index in [1.54, 1.807) is 0 Å². The lowest BCUT2D eigenvalue weighted by Gasteiger charge is -2.31. The van der Waals surface area contributed by atoms with Crippen LogP contribution in [0.4, 0.5) is 5.69 Å². The van der Waals surface area contributed by atoms with Crippen molar-refractivity contribution < 1.29 is 0 Å². The molecule has 2 heterocycles. The largest absolute Gasteiger partial charge is 0.384 e. The van der Waals surface area contributed by atoms with Crippen molar-refractivity contribution in [1.82, 2.24) is 4.90 Å². The Morgan fingerprint density at radius 2 is 2.05 bits per heavy atom. The van der Waals surface area contributed by atoms with E-state index in [0.717, 1.165) is 19.0 Å². The van der Waals surface area contributed by atoms with E-state index in [4.69, 9.17) is 0 Å². The number of anilines is 1. The third-order valence-electron chi connectivity index (χ3n) is 4.61. The van der Waals surface area contributed by atoms with E-state index in [1.807, 2.05) is 0 Å². The van der Waals surface area contributed by atoms with E-state index in [0.29, 0.717) is 0 Å². The lowest BCUT2D eigenvalue weighted by molar-refractivity contribution is 0.175. The molecule has 0 spiro atoms. The standard InChI is InChI=1S/C16H24N2.ClH/c1-2-13-7-10-18(11-8-13)12-15-5-3-4-14-6-9-17-16(14)15;/h3-5,13,17H,2,6-12H2,1H3;1H. The fourth-order valence-electron chi connectivity index (χ4n) is 3.34. The normalized spacial score (nSPS) is 19.6. The molecule has 3 rings (SSSR count). The van der Waals surface area contributed by atoms with Gasteiger partial charge in [-0.15, -0.1) is 12.4 Å². The molecule has 0 radical (unpaired) electrons. The average molecular weight is 281 g/mol. The molecular weight excluding hydrogens is 256 g/mol. The molecule has 2 aliphatic heterocycles. The number of piperidine rings is 1. The Labute approximate surface area is 123 Å². The highest BCUT2D eigenvalue weighted by molar-refractivity contribution is 5.85. The number of hydrogen-bond donors (Lipinski definition) is 1. The van der Waals surface area contributed by atoms with Gasteiger partial charge in [0.1, 0.15) is 0 Å². The molecule has 0 atom stereocenters. The van der Waals surface area contributed by atoms with E-state index < -0.39 is 0 Å². The van der Waals surface area contributed by atoms with Crippen LogP contribution in [0.1, 0.15) is 37.3 Å². The molecule has 0 aromatic heterocycles. The minimum atomic E-state index is 0. The van der Waals surface area contributed by atoms with Gasteiger partial charge in [0.05, 0.1) is 0 Å². The molecule has 1 aromatic rings. The molecule has 0 amide bonds. The summed E-state index contributed by atoms with van der Waals surface area (Å²) in [6, 6.07) is 6.78. The van der Waals surface area contributed by atoms with Crippen LogP contribution in [0.15, 0.2) is 18.2 Å². The van der Waals surface area contributed by atoms with Crippen LogP contribution >= 0.6 is 12.4 Å². The number of fused-ring (bicyclic) bond motifs is 1. The Kier molecular flexibility index (Phi) is 5.12. The van der Waals surface area contributed by atoms with Gasteiger partial charge in [-0.2, -0.15) is 0 Å². The Morgan fingerprint density at radius 3 is 2.79 bits per heavy atom. The van der Waals surface area contributed by atoms with Crippen molar-refractivity contribution in [3.05, 3.63) is 29.3 Å². The second kappa shape index (κ2) is 6.62. The topological polar surface area (TPSA) is 15.3 Å². The van der Waals surface area contributed by atoms with Gasteiger partial charge < -0.3 is 5.32 Å². The number of likely N-dealkylation sites (tertiary alicyclic amines) is 1. The predicted molar refractivity (Wildman–Crippen MR) is 84.2 cm³/mol. The van der Waals surface area contributed by atoms with E-state index >= 15 is 0 Å². The van der Waals surface area contributed by atoms with Crippen LogP contribution in [0, 0.1) is 5.92 Å². The summed E-state index contributed by atoms with van der Waals surface area (Å²) in [5, 5.41) is 3.55. The molecule has 106 valence electrons. The summed E-state index contributed by atoms with van der Waals surface area (Å²) >= 11 is 0. The lowest BCUT2D eigenvalue weighted by Crippen LogP contribution is -2.33. The van der Waals surface area contributed by atoms with Crippen LogP contribution in [0.2, 0.25) is 0 Å². The Morgan fingerprint density at radius 1 is 1.26 bits per heavy atom. The van der Waals surface area contributed by atoms with Gasteiger partial charge in [-0.05, 0) is 49.4 Å². The number of benzene rings is 1. The first-order valence-electron chi connectivity index (χ1n) is 7.44. The second-order valence-corrected chi connectivity index (χ2v) is 5.76. The molecule has 0 saturated carbocycles. The van der Waals surface area contributed by atoms with Crippen LogP contribution in [-0.4, -0.2) is 24.5 Å². The molecule has 0 bridgehead atoms. The third-order valence-corrected chi connectivity index (χ3v) is 4.61. The maximum absolute atomic E-state index is 3.55. The zero-order valence-corrected chi connectivity index (χ0v) is 12.6. The lowest BCUT2D eigenvalue weighted by atomic mass is 9.94. The quantitative estimate of drug-likeness (QED) is 0.908. The minimum absolute atomic E-state index is 0. The third kappa shape index (κ3) is 3.24. The Bertz CT molecular complexity index is 411. The molecule has 1 saturated heterocycles. The van der Waals surface area contributed by atoms with Gasteiger partial charge in [-0.1, -0.05) is 31.5 Å². The smallest absolute Gasteiger partial charge is 0.0419 e. The van der Waals surface area contributed by atoms with Crippen LogP contribution in [-0.2, 0) is 13.0 Å². The monoisotopic (exact) mass is 280 g/mol. The van der Waals surface area contributed by atoms with E-state index in [9.17, 15) is 0 Å². The van der Waals surface area contributed by atoms with Crippen molar-refractivity contribution in [3.63, 3.8) is 0 Å². The number of para-hydroxylation sites is 1. The van der Waals surface area contributed by atoms with Gasteiger partial charge in [0.15, 0.2) is 0 Å². The maximum atomic E-state index is 3.55. The fraction of sp³-hybridized carbons (Fsp3) is 0.625. The summed E-state index contributed by atoms with van der Waals surface area (Å²) in [5.41, 5.74) is 4.44. The summed E-state index contributed by atoms with van der Waals surface area (Å²) in [6.07, 6.45) is 5.33. The van der Waals surface area contributed by atoms with Gasteiger partial charge in [-0.25, -0.2) is 0 Å². The molecule has 1 N–H and O–H groups in total. The summed E-state index contributed by atoms with van der Waals surface area (Å²) in [7, 11) is 0. The molecule has 19 heavy (non-hydrogen) atoms. The summed E-state index contributed by atoms with van der Waals surface area (Å²) in [6.45, 7) is 7.13. The maximum Gasteiger partial charge on any atom is 0.0419 e. The van der Waals surface area contributed by atoms with Crippen LogP contribution < -0.4 is 5.32 Å². The zero-order chi connectivity index (χ0) is 12.4. The molecule has 2 aliphatic rings. The molecule has 3 heteroatoms. The van der Waals surface area contributed by atoms with Crippen molar-refractivity contribution >= 4 is 18.1 Å². The number of hydrogen-bond acceptors (Lipinski definition) is 2. The van der Waals surface area contributed by atoms with Crippen LogP contribution in [0.25, 0.3) is 0 Å². The summed E-state index contributed by atoms with van der Waals surface area (Å²) < 4.78 is 0. The van der Waals surface area contributed by atoms with Gasteiger partial charge in [0, 0.05) is 18.8 Å². The fourth-order valence-corrected chi connectivity index (χ4v) is 3.34. The van der Waals surface area contributed by atoms with E-state index in [-0.39, 0.29) is 12.4 Å². The highest BCUT2D eigenvalue weighted by Crippen LogP contribution is 2.29. The second-order valence-electron chi connectivity index (χ2n) is 5.76. The Hall–Kier alpha value is -0.730. The van der Waals surface area contributed by atoms with Gasteiger partial charge in [-0.3, -0.25) is 4.90 Å². The summed E-state index contributed by atoms with van der Waals surface area (Å²) in [5.74, 6) is 0.973. The van der Waals surface area contributed by atoms with Crippen LogP contribution in [0.5, 0.6) is 0 Å². The van der Waals surface area contributed by atoms with Gasteiger partial charge >= 0.3 is 0 Å². The average Bonchev–Trinajstić information content (AvgIpc) is 2.89. The number of rotatable bonds is 3. The molecule has 2 nitrogen and oxygen atoms in total. The molecule has 1 aromatic carbocycles. The van der Waals surface area contributed by atoms with Crippen molar-refractivity contribution in [2.45, 2.75) is 39.2 Å².